The minimum absolute atomic E-state index is 0.220. The highest BCUT2D eigenvalue weighted by atomic mass is 14.7. The zero-order valence-electron chi connectivity index (χ0n) is 19.8. The molecule has 4 N–H and O–H groups in total. The lowest BCUT2D eigenvalue weighted by Gasteiger charge is -2.16. The molecule has 174 valence electrons. The molecule has 0 radical (unpaired) electrons. The maximum Gasteiger partial charge on any atom is 0.0705 e. The van der Waals surface area contributed by atoms with E-state index in [2.05, 4.69) is 70.6 Å². The second-order valence-corrected chi connectivity index (χ2v) is 9.03. The topological polar surface area (TPSA) is 77.8 Å². The monoisotopic (exact) mass is 466 g/mol. The van der Waals surface area contributed by atoms with Crippen LogP contribution in [-0.2, 0) is 0 Å². The normalized spacial score (nSPS) is 13.1. The van der Waals surface area contributed by atoms with Crippen molar-refractivity contribution in [1.29, 1.82) is 0 Å². The minimum Gasteiger partial charge on any atom is -0.320 e. The number of hydrogen-bond donors (Lipinski definition) is 2. The summed E-state index contributed by atoms with van der Waals surface area (Å²) in [5.74, 6) is 0. The van der Waals surface area contributed by atoms with Gasteiger partial charge in [0.1, 0.15) is 0 Å². The van der Waals surface area contributed by atoms with Gasteiger partial charge in [-0.1, -0.05) is 84.9 Å². The van der Waals surface area contributed by atoms with Crippen LogP contribution in [0.2, 0.25) is 0 Å². The summed E-state index contributed by atoms with van der Waals surface area (Å²) in [4.78, 5) is 8.92. The maximum atomic E-state index is 6.67. The first-order valence-corrected chi connectivity index (χ1v) is 12.1. The van der Waals surface area contributed by atoms with Crippen LogP contribution in [0.4, 0.5) is 0 Å². The zero-order valence-corrected chi connectivity index (χ0v) is 19.8. The molecule has 6 rings (SSSR count). The predicted octanol–water partition coefficient (Wildman–Crippen LogP) is 6.55. The van der Waals surface area contributed by atoms with E-state index >= 15 is 0 Å². The summed E-state index contributed by atoms with van der Waals surface area (Å²) in [5, 5.41) is 2.18. The molecule has 0 amide bonds. The second kappa shape index (κ2) is 9.34. The van der Waals surface area contributed by atoms with Gasteiger partial charge in [-0.3, -0.25) is 9.97 Å². The molecule has 6 aromatic rings. The Balaban J connectivity index is 1.25. The van der Waals surface area contributed by atoms with Crippen LogP contribution >= 0.6 is 0 Å². The average molecular weight is 467 g/mol. The highest BCUT2D eigenvalue weighted by molar-refractivity contribution is 5.83. The zero-order chi connectivity index (χ0) is 24.5. The number of nitrogens with two attached hydrogens (primary N) is 2. The molecule has 4 heteroatoms. The lowest BCUT2D eigenvalue weighted by molar-refractivity contribution is 0.878. The van der Waals surface area contributed by atoms with Crippen molar-refractivity contribution < 1.29 is 0 Å². The second-order valence-electron chi connectivity index (χ2n) is 9.03. The van der Waals surface area contributed by atoms with E-state index in [-0.39, 0.29) is 12.1 Å². The van der Waals surface area contributed by atoms with Gasteiger partial charge in [0, 0.05) is 23.2 Å². The molecule has 0 spiro atoms. The van der Waals surface area contributed by atoms with E-state index in [1.54, 1.807) is 0 Å². The van der Waals surface area contributed by atoms with Crippen LogP contribution in [0.3, 0.4) is 0 Å². The Kier molecular flexibility index (Phi) is 5.74. The number of para-hydroxylation sites is 2. The van der Waals surface area contributed by atoms with Crippen molar-refractivity contribution in [1.82, 2.24) is 9.97 Å². The van der Waals surface area contributed by atoms with E-state index < -0.39 is 0 Å². The maximum absolute atomic E-state index is 6.67. The van der Waals surface area contributed by atoms with Gasteiger partial charge in [-0.15, -0.1) is 0 Å². The van der Waals surface area contributed by atoms with Gasteiger partial charge >= 0.3 is 0 Å². The Hall–Kier alpha value is -4.38. The molecule has 2 aromatic heterocycles. The molecule has 2 unspecified atom stereocenters. The Labute approximate surface area is 210 Å². The fraction of sp³-hybridized carbons (Fsp3) is 0.0625. The van der Waals surface area contributed by atoms with Crippen molar-refractivity contribution in [2.24, 2.45) is 11.5 Å². The van der Waals surface area contributed by atoms with Crippen molar-refractivity contribution in [3.63, 3.8) is 0 Å². The number of rotatable bonds is 5. The van der Waals surface area contributed by atoms with Gasteiger partial charge in [-0.2, -0.15) is 0 Å². The molecule has 4 nitrogen and oxygen atoms in total. The quantitative estimate of drug-likeness (QED) is 0.302. The first kappa shape index (κ1) is 22.1. The lowest BCUT2D eigenvalue weighted by atomic mass is 9.93. The molecule has 0 aliphatic rings. The van der Waals surface area contributed by atoms with E-state index in [0.717, 1.165) is 55.2 Å². The number of benzene rings is 4. The molecule has 0 aliphatic carbocycles. The Morgan fingerprint density at radius 1 is 0.444 bits per heavy atom. The number of nitrogens with zero attached hydrogens (tertiary/aromatic N) is 2. The molecular formula is C32H26N4. The van der Waals surface area contributed by atoms with E-state index in [1.807, 2.05) is 60.9 Å². The highest BCUT2D eigenvalue weighted by Crippen LogP contribution is 2.30. The van der Waals surface area contributed by atoms with Crippen LogP contribution in [0.5, 0.6) is 0 Å². The van der Waals surface area contributed by atoms with E-state index in [1.165, 1.54) is 0 Å². The molecule has 4 aromatic carbocycles. The Morgan fingerprint density at radius 2 is 0.833 bits per heavy atom. The van der Waals surface area contributed by atoms with Crippen molar-refractivity contribution in [2.45, 2.75) is 12.1 Å². The standard InChI is InChI=1S/C32H26N4/c33-31(27-17-19-35-29-7-3-1-5-25(27)29)23-13-9-21(10-14-23)22-11-15-24(16-12-22)32(34)28-18-20-36-30-8-4-2-6-26(28)30/h1-20,31-32H,33-34H2. The van der Waals surface area contributed by atoms with Gasteiger partial charge in [0.25, 0.3) is 0 Å². The van der Waals surface area contributed by atoms with Crippen molar-refractivity contribution >= 4 is 21.8 Å². The lowest BCUT2D eigenvalue weighted by Crippen LogP contribution is -2.12. The fourth-order valence-electron chi connectivity index (χ4n) is 4.90. The summed E-state index contributed by atoms with van der Waals surface area (Å²) in [6.07, 6.45) is 3.65. The first-order chi connectivity index (χ1) is 17.7. The van der Waals surface area contributed by atoms with Crippen LogP contribution in [0.25, 0.3) is 32.9 Å². The first-order valence-electron chi connectivity index (χ1n) is 12.1. The largest absolute Gasteiger partial charge is 0.320 e. The van der Waals surface area contributed by atoms with Gasteiger partial charge in [0.15, 0.2) is 0 Å². The summed E-state index contributed by atoms with van der Waals surface area (Å²) in [6.45, 7) is 0. The average Bonchev–Trinajstić information content (AvgIpc) is 2.96. The molecular weight excluding hydrogens is 440 g/mol. The summed E-state index contributed by atoms with van der Waals surface area (Å²) >= 11 is 0. The van der Waals surface area contributed by atoms with Gasteiger partial charge < -0.3 is 11.5 Å². The summed E-state index contributed by atoms with van der Waals surface area (Å²) < 4.78 is 0. The summed E-state index contributed by atoms with van der Waals surface area (Å²) in [7, 11) is 0. The SMILES string of the molecule is NC(c1ccc(-c2ccc(C(N)c3ccnc4ccccc34)cc2)cc1)c1ccnc2ccccc12. The smallest absolute Gasteiger partial charge is 0.0705 e. The molecule has 0 fully saturated rings. The molecule has 2 heterocycles. The minimum atomic E-state index is -0.220. The van der Waals surface area contributed by atoms with Gasteiger partial charge in [-0.25, -0.2) is 0 Å². The molecule has 0 bridgehead atoms. The predicted molar refractivity (Wildman–Crippen MR) is 147 cm³/mol. The van der Waals surface area contributed by atoms with Crippen LogP contribution in [0.15, 0.2) is 122 Å². The number of fused-ring (bicyclic) bond motifs is 2. The Morgan fingerprint density at radius 3 is 1.25 bits per heavy atom. The van der Waals surface area contributed by atoms with E-state index in [4.69, 9.17) is 11.5 Å². The van der Waals surface area contributed by atoms with Crippen LogP contribution in [-0.4, -0.2) is 9.97 Å². The molecule has 36 heavy (non-hydrogen) atoms. The number of hydrogen-bond acceptors (Lipinski definition) is 4. The van der Waals surface area contributed by atoms with Gasteiger partial charge in [0.2, 0.25) is 0 Å². The third-order valence-corrected chi connectivity index (χ3v) is 6.91. The van der Waals surface area contributed by atoms with Crippen LogP contribution in [0, 0.1) is 0 Å². The summed E-state index contributed by atoms with van der Waals surface area (Å²) in [5.41, 5.74) is 21.8. The van der Waals surface area contributed by atoms with Crippen molar-refractivity contribution in [3.8, 4) is 11.1 Å². The van der Waals surface area contributed by atoms with Crippen molar-refractivity contribution in [3.05, 3.63) is 144 Å². The third-order valence-electron chi connectivity index (χ3n) is 6.91. The highest BCUT2D eigenvalue weighted by Gasteiger charge is 2.14. The van der Waals surface area contributed by atoms with Gasteiger partial charge in [-0.05, 0) is 57.6 Å². The van der Waals surface area contributed by atoms with E-state index in [9.17, 15) is 0 Å². The Bertz CT molecular complexity index is 1520. The van der Waals surface area contributed by atoms with Crippen molar-refractivity contribution in [2.75, 3.05) is 0 Å². The van der Waals surface area contributed by atoms with Crippen LogP contribution in [0.1, 0.15) is 34.3 Å². The summed E-state index contributed by atoms with van der Waals surface area (Å²) in [6, 6.07) is 36.8. The fourth-order valence-corrected chi connectivity index (χ4v) is 4.90. The van der Waals surface area contributed by atoms with Gasteiger partial charge in [0.05, 0.1) is 23.1 Å². The molecule has 2 atom stereocenters. The molecule has 0 aliphatic heterocycles. The number of aromatic nitrogens is 2. The number of pyridine rings is 2. The molecule has 0 saturated heterocycles. The molecule has 0 saturated carbocycles. The van der Waals surface area contributed by atoms with Crippen LogP contribution < -0.4 is 11.5 Å². The third kappa shape index (κ3) is 4.03. The van der Waals surface area contributed by atoms with E-state index in [0.29, 0.717) is 0 Å².